The van der Waals surface area contributed by atoms with Gasteiger partial charge in [0.2, 0.25) is 0 Å². The van der Waals surface area contributed by atoms with Crippen LogP contribution in [-0.4, -0.2) is 28.6 Å². The summed E-state index contributed by atoms with van der Waals surface area (Å²) in [4.78, 5) is 11.7. The van der Waals surface area contributed by atoms with Crippen LogP contribution in [0.2, 0.25) is 0 Å². The predicted molar refractivity (Wildman–Crippen MR) is 65.5 cm³/mol. The van der Waals surface area contributed by atoms with Crippen LogP contribution in [0, 0.1) is 0 Å². The molecule has 0 saturated heterocycles. The zero-order chi connectivity index (χ0) is 12.0. The molecule has 0 N–H and O–H groups in total. The van der Waals surface area contributed by atoms with Gasteiger partial charge in [0, 0.05) is 22.1 Å². The third kappa shape index (κ3) is 3.77. The van der Waals surface area contributed by atoms with Gasteiger partial charge in [-0.15, -0.1) is 0 Å². The smallest absolute Gasteiger partial charge is 0.175 e. The molecule has 16 heavy (non-hydrogen) atoms. The van der Waals surface area contributed by atoms with Crippen molar-refractivity contribution in [2.45, 2.75) is 13.3 Å². The minimum atomic E-state index is -1.05. The summed E-state index contributed by atoms with van der Waals surface area (Å²) in [5, 5.41) is 0. The summed E-state index contributed by atoms with van der Waals surface area (Å²) in [5.41, 5.74) is 0.559. The quantitative estimate of drug-likeness (QED) is 0.715. The van der Waals surface area contributed by atoms with E-state index in [1.807, 2.05) is 6.92 Å². The first-order valence-corrected chi connectivity index (χ1v) is 6.68. The monoisotopic (exact) mass is 240 g/mol. The van der Waals surface area contributed by atoms with Gasteiger partial charge in [-0.25, -0.2) is 0 Å². The fourth-order valence-corrected chi connectivity index (χ4v) is 2.38. The molecule has 0 bridgehead atoms. The van der Waals surface area contributed by atoms with Crippen molar-refractivity contribution in [2.75, 3.05) is 18.6 Å². The first-order valence-electron chi connectivity index (χ1n) is 5.19. The normalized spacial score (nSPS) is 12.1. The molecule has 1 rings (SSSR count). The molecule has 3 nitrogen and oxygen atoms in total. The summed E-state index contributed by atoms with van der Waals surface area (Å²) in [7, 11) is 0.505. The number of hydrogen-bond donors (Lipinski definition) is 0. The average Bonchev–Trinajstić information content (AvgIpc) is 2.29. The molecule has 0 radical (unpaired) electrons. The lowest BCUT2D eigenvalue weighted by molar-refractivity contribution is 0.102. The Morgan fingerprint density at radius 2 is 2.19 bits per heavy atom. The van der Waals surface area contributed by atoms with E-state index >= 15 is 0 Å². The zero-order valence-corrected chi connectivity index (χ0v) is 10.4. The minimum absolute atomic E-state index is 0.0920. The molecule has 0 saturated carbocycles. The number of Topliss-reactive ketones (excluding diaryl/α,β-unsaturated/α-hetero) is 1. The highest BCUT2D eigenvalue weighted by molar-refractivity contribution is 7.85. The van der Waals surface area contributed by atoms with Gasteiger partial charge in [0.15, 0.2) is 5.78 Å². The van der Waals surface area contributed by atoms with Gasteiger partial charge < -0.3 is 4.74 Å². The van der Waals surface area contributed by atoms with Crippen molar-refractivity contribution in [3.8, 4) is 5.75 Å². The Balaban J connectivity index is 2.69. The Kier molecular flexibility index (Phi) is 5.19. The summed E-state index contributed by atoms with van der Waals surface area (Å²) in [6, 6.07) is 6.92. The number of benzene rings is 1. The number of ketones is 1. The van der Waals surface area contributed by atoms with Gasteiger partial charge in [0.25, 0.3) is 0 Å². The van der Waals surface area contributed by atoms with E-state index in [9.17, 15) is 9.00 Å². The molecule has 0 heterocycles. The summed E-state index contributed by atoms with van der Waals surface area (Å²) in [6.07, 6.45) is 0.831. The third-order valence-corrected chi connectivity index (χ3v) is 3.56. The van der Waals surface area contributed by atoms with Crippen LogP contribution in [0.15, 0.2) is 24.3 Å². The van der Waals surface area contributed by atoms with Crippen LogP contribution in [0.25, 0.3) is 0 Å². The van der Waals surface area contributed by atoms with E-state index in [1.165, 1.54) is 0 Å². The van der Waals surface area contributed by atoms with Crippen LogP contribution < -0.4 is 4.74 Å². The second-order valence-electron chi connectivity index (χ2n) is 3.44. The van der Waals surface area contributed by atoms with Crippen molar-refractivity contribution in [1.29, 1.82) is 0 Å². The molecule has 1 aromatic carbocycles. The van der Waals surface area contributed by atoms with Crippen molar-refractivity contribution in [3.05, 3.63) is 29.8 Å². The topological polar surface area (TPSA) is 43.4 Å². The van der Waals surface area contributed by atoms with E-state index in [0.717, 1.165) is 6.42 Å². The lowest BCUT2D eigenvalue weighted by Crippen LogP contribution is -2.13. The number of carbonyl (C=O) groups is 1. The highest BCUT2D eigenvalue weighted by atomic mass is 32.2. The Hall–Kier alpha value is -1.16. The van der Waals surface area contributed by atoms with Crippen molar-refractivity contribution < 1.29 is 13.7 Å². The highest BCUT2D eigenvalue weighted by Gasteiger charge is 2.10. The van der Waals surface area contributed by atoms with Crippen LogP contribution in [0.4, 0.5) is 0 Å². The molecule has 0 amide bonds. The van der Waals surface area contributed by atoms with Gasteiger partial charge in [-0.05, 0) is 18.6 Å². The summed E-state index contributed by atoms with van der Waals surface area (Å²) >= 11 is 0. The molecule has 1 atom stereocenters. The fourth-order valence-electron chi connectivity index (χ4n) is 1.33. The molecular weight excluding hydrogens is 224 g/mol. The lowest BCUT2D eigenvalue weighted by atomic mass is 10.1. The Morgan fingerprint density at radius 1 is 1.44 bits per heavy atom. The van der Waals surface area contributed by atoms with Crippen molar-refractivity contribution >= 4 is 16.6 Å². The second kappa shape index (κ2) is 6.43. The number of carbonyl (C=O) groups excluding carboxylic acids is 1. The van der Waals surface area contributed by atoms with Crippen LogP contribution in [-0.2, 0) is 10.8 Å². The predicted octanol–water partition coefficient (Wildman–Crippen LogP) is 2.04. The second-order valence-corrected chi connectivity index (χ2v) is 5.02. The van der Waals surface area contributed by atoms with E-state index < -0.39 is 10.8 Å². The fraction of sp³-hybridized carbons (Fsp3) is 0.417. The van der Waals surface area contributed by atoms with Gasteiger partial charge in [0.1, 0.15) is 5.75 Å². The zero-order valence-electron chi connectivity index (χ0n) is 9.56. The molecular formula is C12H16O3S. The molecule has 0 fully saturated rings. The number of methoxy groups -OCH3 is 1. The van der Waals surface area contributed by atoms with Crippen LogP contribution in [0.3, 0.4) is 0 Å². The molecule has 1 aromatic rings. The van der Waals surface area contributed by atoms with Gasteiger partial charge in [-0.2, -0.15) is 0 Å². The van der Waals surface area contributed by atoms with E-state index in [2.05, 4.69) is 0 Å². The largest absolute Gasteiger partial charge is 0.497 e. The highest BCUT2D eigenvalue weighted by Crippen LogP contribution is 2.13. The average molecular weight is 240 g/mol. The minimum Gasteiger partial charge on any atom is -0.497 e. The molecule has 4 heteroatoms. The first-order chi connectivity index (χ1) is 7.67. The Labute approximate surface area is 98.3 Å². The number of rotatable bonds is 6. The van der Waals surface area contributed by atoms with Crippen molar-refractivity contribution in [2.24, 2.45) is 0 Å². The van der Waals surface area contributed by atoms with Gasteiger partial charge in [-0.3, -0.25) is 9.00 Å². The van der Waals surface area contributed by atoms with Crippen molar-refractivity contribution in [1.82, 2.24) is 0 Å². The lowest BCUT2D eigenvalue weighted by Gasteiger charge is -2.03. The van der Waals surface area contributed by atoms with Crippen LogP contribution >= 0.6 is 0 Å². The van der Waals surface area contributed by atoms with E-state index in [4.69, 9.17) is 4.74 Å². The maximum atomic E-state index is 11.7. The van der Waals surface area contributed by atoms with Crippen LogP contribution in [0.5, 0.6) is 5.75 Å². The standard InChI is InChI=1S/C12H16O3S/c1-3-7-16(14)9-12(13)10-5-4-6-11(8-10)15-2/h4-6,8H,3,7,9H2,1-2H3. The molecule has 0 aliphatic carbocycles. The third-order valence-electron chi connectivity index (χ3n) is 2.12. The molecule has 0 spiro atoms. The molecule has 88 valence electrons. The van der Waals surface area contributed by atoms with E-state index in [0.29, 0.717) is 17.1 Å². The van der Waals surface area contributed by atoms with Crippen molar-refractivity contribution in [3.63, 3.8) is 0 Å². The Bertz CT molecular complexity index is 388. The summed E-state index contributed by atoms with van der Waals surface area (Å²) in [6.45, 7) is 1.95. The molecule has 0 aromatic heterocycles. The van der Waals surface area contributed by atoms with E-state index in [1.54, 1.807) is 31.4 Å². The number of ether oxygens (including phenoxy) is 1. The van der Waals surface area contributed by atoms with Gasteiger partial charge in [0.05, 0.1) is 12.9 Å². The van der Waals surface area contributed by atoms with Gasteiger partial charge in [-0.1, -0.05) is 19.1 Å². The van der Waals surface area contributed by atoms with Crippen LogP contribution in [0.1, 0.15) is 23.7 Å². The SMILES string of the molecule is CCCS(=O)CC(=O)c1cccc(OC)c1. The summed E-state index contributed by atoms with van der Waals surface area (Å²) < 4.78 is 16.5. The summed E-state index contributed by atoms with van der Waals surface area (Å²) in [5.74, 6) is 1.23. The number of hydrogen-bond acceptors (Lipinski definition) is 3. The Morgan fingerprint density at radius 3 is 2.81 bits per heavy atom. The van der Waals surface area contributed by atoms with E-state index in [-0.39, 0.29) is 11.5 Å². The first kappa shape index (κ1) is 12.9. The molecule has 0 aliphatic rings. The maximum absolute atomic E-state index is 11.7. The van der Waals surface area contributed by atoms with Gasteiger partial charge >= 0.3 is 0 Å². The molecule has 0 aliphatic heterocycles. The maximum Gasteiger partial charge on any atom is 0.175 e. The molecule has 1 unspecified atom stereocenters.